The fourth-order valence-corrected chi connectivity index (χ4v) is 3.43. The lowest BCUT2D eigenvalue weighted by molar-refractivity contribution is -0.154. The molecule has 1 saturated carbocycles. The Kier molecular flexibility index (Phi) is 5.45. The van der Waals surface area contributed by atoms with E-state index in [1.807, 2.05) is 0 Å². The highest BCUT2D eigenvalue weighted by Crippen LogP contribution is 2.32. The second-order valence-electron chi connectivity index (χ2n) is 6.27. The smallest absolute Gasteiger partial charge is 0.422 e. The number of nitrogens with zero attached hydrogens (tertiary/aromatic N) is 1. The second kappa shape index (κ2) is 7.57. The number of hydrogen-bond donors (Lipinski definition) is 2. The van der Waals surface area contributed by atoms with E-state index in [1.165, 1.54) is 12.3 Å². The molecule has 1 aliphatic heterocycles. The summed E-state index contributed by atoms with van der Waals surface area (Å²) in [6, 6.07) is 3.83. The standard InChI is InChI=1S/C16H22F3N3O2/c17-16(18,19)10-24-15-5-4-11(8-21-15)22-13-3-1-2-12(13)14-9-23-7-6-20-14/h4-5,8,12-14,20,22H,1-3,6-7,9-10H2. The van der Waals surface area contributed by atoms with E-state index in [1.54, 1.807) is 6.07 Å². The first kappa shape index (κ1) is 17.3. The Balaban J connectivity index is 1.55. The van der Waals surface area contributed by atoms with Gasteiger partial charge >= 0.3 is 6.18 Å². The topological polar surface area (TPSA) is 55.4 Å². The SMILES string of the molecule is FC(F)(F)COc1ccc(NC2CCCC2C2COCCN2)cn1. The van der Waals surface area contributed by atoms with Crippen molar-refractivity contribution in [2.75, 3.05) is 31.7 Å². The summed E-state index contributed by atoms with van der Waals surface area (Å²) in [5.41, 5.74) is 0.794. The molecule has 5 nitrogen and oxygen atoms in total. The van der Waals surface area contributed by atoms with E-state index in [2.05, 4.69) is 20.4 Å². The fourth-order valence-electron chi connectivity index (χ4n) is 3.43. The van der Waals surface area contributed by atoms with Gasteiger partial charge in [-0.05, 0) is 24.8 Å². The zero-order valence-corrected chi connectivity index (χ0v) is 13.3. The number of halogens is 3. The van der Waals surface area contributed by atoms with Crippen LogP contribution >= 0.6 is 0 Å². The molecule has 2 fully saturated rings. The third-order valence-corrected chi connectivity index (χ3v) is 4.51. The van der Waals surface area contributed by atoms with Crippen LogP contribution in [0.15, 0.2) is 18.3 Å². The minimum Gasteiger partial charge on any atom is -0.468 e. The average molecular weight is 345 g/mol. The molecule has 1 saturated heterocycles. The van der Waals surface area contributed by atoms with Gasteiger partial charge in [-0.1, -0.05) is 6.42 Å². The summed E-state index contributed by atoms with van der Waals surface area (Å²) in [6.45, 7) is 1.03. The van der Waals surface area contributed by atoms with Gasteiger partial charge in [-0.3, -0.25) is 0 Å². The lowest BCUT2D eigenvalue weighted by Gasteiger charge is -2.33. The number of aromatic nitrogens is 1. The molecule has 8 heteroatoms. The predicted octanol–water partition coefficient (Wildman–Crippen LogP) is 2.59. The summed E-state index contributed by atoms with van der Waals surface area (Å²) < 4.78 is 46.6. The summed E-state index contributed by atoms with van der Waals surface area (Å²) in [6.07, 6.45) is 0.519. The lowest BCUT2D eigenvalue weighted by Crippen LogP contribution is -2.49. The minimum atomic E-state index is -4.36. The fraction of sp³-hybridized carbons (Fsp3) is 0.688. The first-order valence-corrected chi connectivity index (χ1v) is 8.24. The molecule has 3 atom stereocenters. The first-order valence-electron chi connectivity index (χ1n) is 8.24. The summed E-state index contributed by atoms with van der Waals surface area (Å²) >= 11 is 0. The van der Waals surface area contributed by atoms with E-state index in [0.717, 1.165) is 44.7 Å². The van der Waals surface area contributed by atoms with Crippen LogP contribution in [0.5, 0.6) is 5.88 Å². The molecule has 24 heavy (non-hydrogen) atoms. The Morgan fingerprint density at radius 3 is 2.88 bits per heavy atom. The molecule has 0 aromatic carbocycles. The minimum absolute atomic E-state index is 0.0248. The van der Waals surface area contributed by atoms with E-state index in [-0.39, 0.29) is 5.88 Å². The third-order valence-electron chi connectivity index (χ3n) is 4.51. The largest absolute Gasteiger partial charge is 0.468 e. The molecule has 2 aliphatic rings. The summed E-state index contributed by atoms with van der Waals surface area (Å²) in [5.74, 6) is 0.453. The molecule has 0 radical (unpaired) electrons. The van der Waals surface area contributed by atoms with Crippen LogP contribution < -0.4 is 15.4 Å². The Morgan fingerprint density at radius 1 is 1.33 bits per heavy atom. The highest BCUT2D eigenvalue weighted by Gasteiger charge is 2.34. The number of anilines is 1. The molecule has 134 valence electrons. The zero-order chi connectivity index (χ0) is 17.0. The maximum Gasteiger partial charge on any atom is 0.422 e. The van der Waals surface area contributed by atoms with Crippen LogP contribution in [-0.4, -0.2) is 49.6 Å². The van der Waals surface area contributed by atoms with Crippen LogP contribution in [0.4, 0.5) is 18.9 Å². The maximum absolute atomic E-state index is 12.1. The number of morpholine rings is 1. The van der Waals surface area contributed by atoms with Crippen LogP contribution in [0.1, 0.15) is 19.3 Å². The average Bonchev–Trinajstić information content (AvgIpc) is 3.02. The van der Waals surface area contributed by atoms with Gasteiger partial charge in [-0.15, -0.1) is 0 Å². The lowest BCUT2D eigenvalue weighted by atomic mass is 9.94. The molecule has 1 aliphatic carbocycles. The molecule has 2 heterocycles. The molecule has 0 bridgehead atoms. The van der Waals surface area contributed by atoms with Crippen LogP contribution in [0.25, 0.3) is 0 Å². The monoisotopic (exact) mass is 345 g/mol. The van der Waals surface area contributed by atoms with E-state index in [4.69, 9.17) is 4.74 Å². The summed E-state index contributed by atoms with van der Waals surface area (Å²) in [4.78, 5) is 3.94. The molecular formula is C16H22F3N3O2. The van der Waals surface area contributed by atoms with Crippen molar-refractivity contribution in [3.8, 4) is 5.88 Å². The van der Waals surface area contributed by atoms with Crippen molar-refractivity contribution in [1.29, 1.82) is 0 Å². The normalized spacial score (nSPS) is 27.9. The van der Waals surface area contributed by atoms with Crippen molar-refractivity contribution >= 4 is 5.69 Å². The van der Waals surface area contributed by atoms with Gasteiger partial charge in [0.15, 0.2) is 6.61 Å². The van der Waals surface area contributed by atoms with Crippen molar-refractivity contribution in [1.82, 2.24) is 10.3 Å². The van der Waals surface area contributed by atoms with Gasteiger partial charge in [-0.2, -0.15) is 13.2 Å². The van der Waals surface area contributed by atoms with E-state index in [9.17, 15) is 13.2 Å². The summed E-state index contributed by atoms with van der Waals surface area (Å²) in [5, 5.41) is 6.96. The summed E-state index contributed by atoms with van der Waals surface area (Å²) in [7, 11) is 0. The van der Waals surface area contributed by atoms with E-state index in [0.29, 0.717) is 18.0 Å². The number of pyridine rings is 1. The molecule has 1 aromatic rings. The second-order valence-corrected chi connectivity index (χ2v) is 6.27. The van der Waals surface area contributed by atoms with Gasteiger partial charge in [0.05, 0.1) is 25.1 Å². The van der Waals surface area contributed by atoms with Crippen molar-refractivity contribution in [2.45, 2.75) is 37.5 Å². The number of rotatable bonds is 5. The molecule has 2 N–H and O–H groups in total. The van der Waals surface area contributed by atoms with Crippen molar-refractivity contribution in [3.63, 3.8) is 0 Å². The van der Waals surface area contributed by atoms with Crippen LogP contribution in [0.2, 0.25) is 0 Å². The Morgan fingerprint density at radius 2 is 2.21 bits per heavy atom. The molecular weight excluding hydrogens is 323 g/mol. The van der Waals surface area contributed by atoms with E-state index < -0.39 is 12.8 Å². The quantitative estimate of drug-likeness (QED) is 0.859. The van der Waals surface area contributed by atoms with Gasteiger partial charge in [-0.25, -0.2) is 4.98 Å². The highest BCUT2D eigenvalue weighted by molar-refractivity contribution is 5.43. The molecule has 0 spiro atoms. The number of ether oxygens (including phenoxy) is 2. The van der Waals surface area contributed by atoms with Crippen molar-refractivity contribution in [2.24, 2.45) is 5.92 Å². The molecule has 1 aromatic heterocycles. The van der Waals surface area contributed by atoms with Gasteiger partial charge < -0.3 is 20.1 Å². The van der Waals surface area contributed by atoms with Gasteiger partial charge in [0, 0.05) is 24.7 Å². The van der Waals surface area contributed by atoms with Crippen LogP contribution in [0.3, 0.4) is 0 Å². The van der Waals surface area contributed by atoms with Crippen LogP contribution in [0, 0.1) is 5.92 Å². The number of hydrogen-bond acceptors (Lipinski definition) is 5. The van der Waals surface area contributed by atoms with Crippen LogP contribution in [-0.2, 0) is 4.74 Å². The molecule has 3 rings (SSSR count). The van der Waals surface area contributed by atoms with Crippen molar-refractivity contribution in [3.05, 3.63) is 18.3 Å². The van der Waals surface area contributed by atoms with E-state index >= 15 is 0 Å². The Labute approximate surface area is 138 Å². The van der Waals surface area contributed by atoms with Gasteiger partial charge in [0.2, 0.25) is 5.88 Å². The first-order chi connectivity index (χ1) is 11.5. The maximum atomic E-state index is 12.1. The predicted molar refractivity (Wildman–Crippen MR) is 83.1 cm³/mol. The Bertz CT molecular complexity index is 518. The molecule has 0 amide bonds. The highest BCUT2D eigenvalue weighted by atomic mass is 19.4. The number of alkyl halides is 3. The number of nitrogens with one attached hydrogen (secondary N) is 2. The zero-order valence-electron chi connectivity index (χ0n) is 13.3. The van der Waals surface area contributed by atoms with Crippen molar-refractivity contribution < 1.29 is 22.6 Å². The van der Waals surface area contributed by atoms with Gasteiger partial charge in [0.1, 0.15) is 0 Å². The third kappa shape index (κ3) is 4.73. The Hall–Kier alpha value is -1.54. The molecule has 3 unspecified atom stereocenters. The van der Waals surface area contributed by atoms with Gasteiger partial charge in [0.25, 0.3) is 0 Å².